The Labute approximate surface area is 185 Å². The van der Waals surface area contributed by atoms with E-state index in [1.807, 2.05) is 13.8 Å². The number of hydrogen-bond acceptors (Lipinski definition) is 6. The van der Waals surface area contributed by atoms with Crippen molar-refractivity contribution >= 4 is 23.1 Å². The maximum absolute atomic E-state index is 13.1. The van der Waals surface area contributed by atoms with E-state index < -0.39 is 17.7 Å². The lowest BCUT2D eigenvalue weighted by atomic mass is 9.99. The van der Waals surface area contributed by atoms with Gasteiger partial charge in [0.2, 0.25) is 0 Å². The van der Waals surface area contributed by atoms with Crippen LogP contribution in [0.4, 0.5) is 5.69 Å². The molecule has 0 saturated carbocycles. The second kappa shape index (κ2) is 8.63. The van der Waals surface area contributed by atoms with Gasteiger partial charge in [-0.1, -0.05) is 12.1 Å². The summed E-state index contributed by atoms with van der Waals surface area (Å²) in [6, 6.07) is 15.9. The first-order chi connectivity index (χ1) is 15.4. The van der Waals surface area contributed by atoms with Crippen LogP contribution in [0.15, 0.2) is 76.9 Å². The van der Waals surface area contributed by atoms with Gasteiger partial charge in [0.05, 0.1) is 30.7 Å². The molecule has 0 radical (unpaired) electrons. The minimum absolute atomic E-state index is 0.000392. The average molecular weight is 433 g/mol. The largest absolute Gasteiger partial charge is 0.507 e. The van der Waals surface area contributed by atoms with Gasteiger partial charge in [0.15, 0.2) is 0 Å². The number of rotatable bonds is 6. The first kappa shape index (κ1) is 21.2. The Hall–Kier alpha value is -4.00. The van der Waals surface area contributed by atoms with E-state index in [1.165, 1.54) is 18.3 Å². The average Bonchev–Trinajstić information content (AvgIpc) is 3.40. The number of carbonyl (C=O) groups excluding carboxylic acids is 2. The number of benzene rings is 2. The van der Waals surface area contributed by atoms with Crippen LogP contribution in [0.1, 0.15) is 31.2 Å². The number of Topliss-reactive ketones (excluding diaryl/α,β-unsaturated/α-hetero) is 1. The summed E-state index contributed by atoms with van der Waals surface area (Å²) < 4.78 is 16.6. The molecule has 1 aromatic heterocycles. The molecule has 0 spiro atoms. The molecule has 1 fully saturated rings. The normalized spacial score (nSPS) is 17.8. The Bertz CT molecular complexity index is 1160. The van der Waals surface area contributed by atoms with E-state index in [0.29, 0.717) is 28.5 Å². The van der Waals surface area contributed by atoms with Crippen LogP contribution < -0.4 is 14.4 Å². The van der Waals surface area contributed by atoms with Crippen molar-refractivity contribution in [3.05, 3.63) is 83.8 Å². The van der Waals surface area contributed by atoms with Gasteiger partial charge >= 0.3 is 0 Å². The summed E-state index contributed by atoms with van der Waals surface area (Å²) in [7, 11) is 1.48. The van der Waals surface area contributed by atoms with Crippen molar-refractivity contribution in [3.63, 3.8) is 0 Å². The molecule has 32 heavy (non-hydrogen) atoms. The van der Waals surface area contributed by atoms with Gasteiger partial charge in [-0.25, -0.2) is 0 Å². The number of aliphatic hydroxyl groups is 1. The Kier molecular flexibility index (Phi) is 5.73. The number of anilines is 1. The fourth-order valence-electron chi connectivity index (χ4n) is 3.74. The number of nitrogens with zero attached hydrogens (tertiary/aromatic N) is 1. The molecule has 3 aromatic rings. The highest BCUT2D eigenvalue weighted by atomic mass is 16.5. The van der Waals surface area contributed by atoms with Crippen LogP contribution in [0.5, 0.6) is 11.5 Å². The third-order valence-corrected chi connectivity index (χ3v) is 5.10. The Morgan fingerprint density at radius 3 is 2.38 bits per heavy atom. The van der Waals surface area contributed by atoms with Crippen molar-refractivity contribution < 1.29 is 28.6 Å². The number of aliphatic hydroxyl groups excluding tert-OH is 1. The molecule has 1 aliphatic rings. The molecule has 2 heterocycles. The Morgan fingerprint density at radius 2 is 1.75 bits per heavy atom. The lowest BCUT2D eigenvalue weighted by Gasteiger charge is -2.24. The van der Waals surface area contributed by atoms with Gasteiger partial charge < -0.3 is 19.0 Å². The van der Waals surface area contributed by atoms with E-state index in [1.54, 1.807) is 60.7 Å². The first-order valence-electron chi connectivity index (χ1n) is 10.2. The summed E-state index contributed by atoms with van der Waals surface area (Å²) in [5.74, 6) is -0.487. The second-order valence-corrected chi connectivity index (χ2v) is 7.55. The maximum Gasteiger partial charge on any atom is 0.300 e. The van der Waals surface area contributed by atoms with Crippen LogP contribution >= 0.6 is 0 Å². The molecule has 1 unspecified atom stereocenters. The van der Waals surface area contributed by atoms with Crippen molar-refractivity contribution in [2.24, 2.45) is 0 Å². The molecular formula is C25H23NO6. The molecule has 7 nitrogen and oxygen atoms in total. The Morgan fingerprint density at radius 1 is 1.03 bits per heavy atom. The summed E-state index contributed by atoms with van der Waals surface area (Å²) in [5.41, 5.74) is 0.724. The highest BCUT2D eigenvalue weighted by Crippen LogP contribution is 2.44. The number of methoxy groups -OCH3 is 1. The lowest BCUT2D eigenvalue weighted by molar-refractivity contribution is -0.132. The van der Waals surface area contributed by atoms with Gasteiger partial charge in [-0.15, -0.1) is 0 Å². The molecular weight excluding hydrogens is 410 g/mol. The van der Waals surface area contributed by atoms with Crippen molar-refractivity contribution in [2.75, 3.05) is 12.0 Å². The van der Waals surface area contributed by atoms with Crippen molar-refractivity contribution in [2.45, 2.75) is 26.0 Å². The van der Waals surface area contributed by atoms with Crippen LogP contribution in [-0.2, 0) is 9.59 Å². The van der Waals surface area contributed by atoms with Crippen molar-refractivity contribution in [3.8, 4) is 11.5 Å². The highest BCUT2D eigenvalue weighted by Gasteiger charge is 2.49. The number of carbonyl (C=O) groups is 2. The van der Waals surface area contributed by atoms with Crippen LogP contribution in [0.2, 0.25) is 0 Å². The van der Waals surface area contributed by atoms with E-state index in [-0.39, 0.29) is 17.4 Å². The predicted molar refractivity (Wildman–Crippen MR) is 119 cm³/mol. The van der Waals surface area contributed by atoms with Crippen molar-refractivity contribution in [1.29, 1.82) is 0 Å². The van der Waals surface area contributed by atoms with Gasteiger partial charge in [-0.3, -0.25) is 14.5 Å². The Balaban J connectivity index is 1.85. The molecule has 7 heteroatoms. The fourth-order valence-corrected chi connectivity index (χ4v) is 3.74. The number of hydrogen-bond donors (Lipinski definition) is 1. The van der Waals surface area contributed by atoms with E-state index in [4.69, 9.17) is 13.9 Å². The summed E-state index contributed by atoms with van der Waals surface area (Å²) in [5, 5.41) is 11.1. The van der Waals surface area contributed by atoms with Gasteiger partial charge in [0, 0.05) is 5.56 Å². The molecule has 164 valence electrons. The number of amides is 1. The molecule has 0 bridgehead atoms. The maximum atomic E-state index is 13.1. The predicted octanol–water partition coefficient (Wildman–Crippen LogP) is 4.70. The summed E-state index contributed by atoms with van der Waals surface area (Å²) in [4.78, 5) is 27.5. The lowest BCUT2D eigenvalue weighted by Crippen LogP contribution is -2.29. The van der Waals surface area contributed by atoms with E-state index in [0.717, 1.165) is 0 Å². The zero-order valence-electron chi connectivity index (χ0n) is 17.9. The molecule has 1 N–H and O–H groups in total. The smallest absolute Gasteiger partial charge is 0.300 e. The summed E-state index contributed by atoms with van der Waals surface area (Å²) in [6.45, 7) is 3.83. The van der Waals surface area contributed by atoms with E-state index in [9.17, 15) is 14.7 Å². The zero-order chi connectivity index (χ0) is 22.8. The third kappa shape index (κ3) is 3.73. The third-order valence-electron chi connectivity index (χ3n) is 5.10. The molecule has 1 amide bonds. The highest BCUT2D eigenvalue weighted by molar-refractivity contribution is 6.51. The molecule has 1 atom stereocenters. The van der Waals surface area contributed by atoms with Crippen molar-refractivity contribution in [1.82, 2.24) is 0 Å². The number of ether oxygens (including phenoxy) is 2. The number of furan rings is 1. The quantitative estimate of drug-likeness (QED) is 0.344. The molecule has 0 aliphatic carbocycles. The second-order valence-electron chi connectivity index (χ2n) is 7.55. The fraction of sp³-hybridized carbons (Fsp3) is 0.200. The SMILES string of the molecule is COc1ccccc1N1C(=O)C(=O)/C(=C(\O)c2ccc(OC(C)C)cc2)C1c1ccco1. The van der Waals surface area contributed by atoms with E-state index in [2.05, 4.69) is 0 Å². The van der Waals surface area contributed by atoms with Crippen LogP contribution in [0.3, 0.4) is 0 Å². The van der Waals surface area contributed by atoms with Gasteiger partial charge in [0.25, 0.3) is 11.7 Å². The minimum Gasteiger partial charge on any atom is -0.507 e. The first-order valence-corrected chi connectivity index (χ1v) is 10.2. The standard InChI is InChI=1S/C25H23NO6/c1-15(2)32-17-12-10-16(11-13-17)23(27)21-22(20-9-6-14-31-20)26(25(29)24(21)28)18-7-4-5-8-19(18)30-3/h4-15,22,27H,1-3H3/b23-21-. The topological polar surface area (TPSA) is 89.2 Å². The van der Waals surface area contributed by atoms with Gasteiger partial charge in [-0.05, 0) is 62.4 Å². The number of para-hydroxylation sites is 2. The van der Waals surface area contributed by atoms with E-state index >= 15 is 0 Å². The van der Waals surface area contributed by atoms with Crippen LogP contribution in [0.25, 0.3) is 5.76 Å². The van der Waals surface area contributed by atoms with Gasteiger partial charge in [-0.2, -0.15) is 0 Å². The van der Waals surface area contributed by atoms with Crippen LogP contribution in [-0.4, -0.2) is 30.0 Å². The van der Waals surface area contributed by atoms with Gasteiger partial charge in [0.1, 0.15) is 29.1 Å². The van der Waals surface area contributed by atoms with Crippen LogP contribution in [0, 0.1) is 0 Å². The molecule has 1 saturated heterocycles. The zero-order valence-corrected chi connectivity index (χ0v) is 17.9. The monoisotopic (exact) mass is 433 g/mol. The summed E-state index contributed by atoms with van der Waals surface area (Å²) in [6.07, 6.45) is 1.45. The molecule has 4 rings (SSSR count). The summed E-state index contributed by atoms with van der Waals surface area (Å²) >= 11 is 0. The molecule has 2 aromatic carbocycles. The minimum atomic E-state index is -0.951. The molecule has 1 aliphatic heterocycles. The number of ketones is 1.